The number of nitrogens with two attached hydrogens (primary N) is 1. The van der Waals surface area contributed by atoms with Crippen LogP contribution in [0.15, 0.2) is 24.4 Å². The predicted octanol–water partition coefficient (Wildman–Crippen LogP) is 0.948. The average molecular weight is 217 g/mol. The molecule has 0 bridgehead atoms. The number of nitrogen functional groups attached to an aromatic ring is 1. The Kier molecular flexibility index (Phi) is 2.55. The highest BCUT2D eigenvalue weighted by molar-refractivity contribution is 6.03. The van der Waals surface area contributed by atoms with Gasteiger partial charge in [0.1, 0.15) is 5.69 Å². The van der Waals surface area contributed by atoms with Crippen LogP contribution in [0.3, 0.4) is 0 Å². The van der Waals surface area contributed by atoms with Crippen LogP contribution in [0, 0.1) is 6.92 Å². The molecule has 0 spiro atoms. The van der Waals surface area contributed by atoms with Crippen molar-refractivity contribution in [1.29, 1.82) is 0 Å². The molecule has 0 saturated heterocycles. The maximum absolute atomic E-state index is 11.7. The van der Waals surface area contributed by atoms with Gasteiger partial charge in [0, 0.05) is 6.20 Å². The third-order valence-corrected chi connectivity index (χ3v) is 2.12. The molecule has 16 heavy (non-hydrogen) atoms. The maximum atomic E-state index is 11.7. The van der Waals surface area contributed by atoms with Crippen LogP contribution in [0.25, 0.3) is 0 Å². The van der Waals surface area contributed by atoms with Gasteiger partial charge in [-0.05, 0) is 19.1 Å². The second kappa shape index (κ2) is 4.01. The summed E-state index contributed by atoms with van der Waals surface area (Å²) in [5.41, 5.74) is 7.18. The number of carbonyl (C=O) groups is 1. The summed E-state index contributed by atoms with van der Waals surface area (Å²) in [5, 5.41) is 9.13. The third-order valence-electron chi connectivity index (χ3n) is 2.12. The van der Waals surface area contributed by atoms with E-state index < -0.39 is 0 Å². The van der Waals surface area contributed by atoms with E-state index >= 15 is 0 Å². The van der Waals surface area contributed by atoms with Gasteiger partial charge in [0.05, 0.1) is 11.4 Å². The normalized spacial score (nSPS) is 10.1. The summed E-state index contributed by atoms with van der Waals surface area (Å²) in [6.07, 6.45) is 1.55. The Morgan fingerprint density at radius 3 is 2.88 bits per heavy atom. The lowest BCUT2D eigenvalue weighted by Gasteiger charge is -2.01. The van der Waals surface area contributed by atoms with E-state index in [1.54, 1.807) is 31.3 Å². The largest absolute Gasteiger partial charge is 0.394 e. The molecule has 2 aromatic heterocycles. The number of nitrogens with one attached hydrogen (secondary N) is 2. The van der Waals surface area contributed by atoms with E-state index in [0.29, 0.717) is 17.2 Å². The molecule has 2 heterocycles. The Morgan fingerprint density at radius 2 is 2.31 bits per heavy atom. The Hall–Kier alpha value is -2.37. The number of amides is 1. The molecule has 2 aromatic rings. The zero-order chi connectivity index (χ0) is 11.5. The first kappa shape index (κ1) is 10.2. The summed E-state index contributed by atoms with van der Waals surface area (Å²) in [4.78, 5) is 15.6. The average Bonchev–Trinajstić information content (AvgIpc) is 2.62. The number of hydrogen-bond acceptors (Lipinski definition) is 4. The van der Waals surface area contributed by atoms with Crippen LogP contribution in [0.5, 0.6) is 0 Å². The molecular formula is C10H11N5O. The number of pyridine rings is 1. The lowest BCUT2D eigenvalue weighted by Crippen LogP contribution is -2.14. The Labute approximate surface area is 91.9 Å². The van der Waals surface area contributed by atoms with E-state index in [1.807, 2.05) is 0 Å². The van der Waals surface area contributed by atoms with Gasteiger partial charge in [-0.15, -0.1) is 0 Å². The van der Waals surface area contributed by atoms with Crippen LogP contribution in [0.2, 0.25) is 0 Å². The summed E-state index contributed by atoms with van der Waals surface area (Å²) < 4.78 is 0. The van der Waals surface area contributed by atoms with Crippen LogP contribution in [-0.2, 0) is 0 Å². The highest BCUT2D eigenvalue weighted by atomic mass is 16.1. The van der Waals surface area contributed by atoms with Gasteiger partial charge in [-0.3, -0.25) is 14.9 Å². The molecule has 0 fully saturated rings. The van der Waals surface area contributed by atoms with E-state index in [1.165, 1.54) is 0 Å². The summed E-state index contributed by atoms with van der Waals surface area (Å²) in [7, 11) is 0. The minimum Gasteiger partial charge on any atom is -0.394 e. The molecule has 82 valence electrons. The molecule has 1 amide bonds. The smallest absolute Gasteiger partial charge is 0.275 e. The van der Waals surface area contributed by atoms with E-state index in [4.69, 9.17) is 5.73 Å². The summed E-state index contributed by atoms with van der Waals surface area (Å²) in [5.74, 6) is -0.00745. The molecule has 0 aliphatic carbocycles. The number of hydrogen-bond donors (Lipinski definition) is 3. The van der Waals surface area contributed by atoms with Crippen LogP contribution in [0.4, 0.5) is 11.5 Å². The van der Waals surface area contributed by atoms with Crippen molar-refractivity contribution in [2.45, 2.75) is 6.92 Å². The summed E-state index contributed by atoms with van der Waals surface area (Å²) in [6, 6.07) is 5.09. The van der Waals surface area contributed by atoms with Crippen molar-refractivity contribution in [3.8, 4) is 0 Å². The van der Waals surface area contributed by atoms with E-state index in [-0.39, 0.29) is 5.91 Å². The monoisotopic (exact) mass is 217 g/mol. The first-order valence-corrected chi connectivity index (χ1v) is 4.71. The molecule has 0 aliphatic rings. The van der Waals surface area contributed by atoms with E-state index in [9.17, 15) is 4.79 Å². The van der Waals surface area contributed by atoms with Gasteiger partial charge < -0.3 is 11.1 Å². The molecule has 0 saturated carbocycles. The van der Waals surface area contributed by atoms with E-state index in [0.717, 1.165) is 5.69 Å². The minimum atomic E-state index is -0.334. The van der Waals surface area contributed by atoms with Crippen molar-refractivity contribution in [2.75, 3.05) is 11.1 Å². The fourth-order valence-corrected chi connectivity index (χ4v) is 1.20. The van der Waals surface area contributed by atoms with Gasteiger partial charge in [-0.25, -0.2) is 0 Å². The highest BCUT2D eigenvalue weighted by Crippen LogP contribution is 2.18. The lowest BCUT2D eigenvalue weighted by atomic mass is 10.3. The molecule has 0 atom stereocenters. The zero-order valence-electron chi connectivity index (χ0n) is 8.69. The van der Waals surface area contributed by atoms with Gasteiger partial charge in [-0.1, -0.05) is 6.07 Å². The van der Waals surface area contributed by atoms with Crippen LogP contribution in [0.1, 0.15) is 16.2 Å². The highest BCUT2D eigenvalue weighted by Gasteiger charge is 2.12. The number of aromatic nitrogens is 3. The molecule has 2 rings (SSSR count). The SMILES string of the molecule is Cc1[nH]nc(NC(=O)c2ccccn2)c1N. The second-order valence-corrected chi connectivity index (χ2v) is 3.28. The molecule has 6 heteroatoms. The van der Waals surface area contributed by atoms with Crippen molar-refractivity contribution in [1.82, 2.24) is 15.2 Å². The topological polar surface area (TPSA) is 96.7 Å². The Bertz CT molecular complexity index is 505. The molecule has 0 aromatic carbocycles. The standard InChI is InChI=1S/C10H11N5O/c1-6-8(11)9(15-14-6)13-10(16)7-4-2-3-5-12-7/h2-5H,11H2,1H3,(H2,13,14,15,16). The number of aryl methyl sites for hydroxylation is 1. The van der Waals surface area contributed by atoms with Crippen molar-refractivity contribution < 1.29 is 4.79 Å². The Balaban J connectivity index is 2.17. The van der Waals surface area contributed by atoms with Gasteiger partial charge >= 0.3 is 0 Å². The second-order valence-electron chi connectivity index (χ2n) is 3.28. The molecule has 4 N–H and O–H groups in total. The van der Waals surface area contributed by atoms with Crippen molar-refractivity contribution in [3.05, 3.63) is 35.8 Å². The van der Waals surface area contributed by atoms with Crippen molar-refractivity contribution >= 4 is 17.4 Å². The van der Waals surface area contributed by atoms with Crippen LogP contribution >= 0.6 is 0 Å². The first-order chi connectivity index (χ1) is 7.68. The first-order valence-electron chi connectivity index (χ1n) is 4.71. The molecule has 0 unspecified atom stereocenters. The number of H-pyrrole nitrogens is 1. The number of carbonyl (C=O) groups excluding carboxylic acids is 1. The van der Waals surface area contributed by atoms with Crippen LogP contribution < -0.4 is 11.1 Å². The molecular weight excluding hydrogens is 206 g/mol. The van der Waals surface area contributed by atoms with Crippen molar-refractivity contribution in [3.63, 3.8) is 0 Å². The minimum absolute atomic E-state index is 0.322. The van der Waals surface area contributed by atoms with Gasteiger partial charge in [0.25, 0.3) is 5.91 Å². The zero-order valence-corrected chi connectivity index (χ0v) is 8.69. The lowest BCUT2D eigenvalue weighted by molar-refractivity contribution is 0.102. The van der Waals surface area contributed by atoms with E-state index in [2.05, 4.69) is 20.5 Å². The fraction of sp³-hybridized carbons (Fsp3) is 0.100. The Morgan fingerprint density at radius 1 is 1.50 bits per heavy atom. The van der Waals surface area contributed by atoms with Gasteiger partial charge in [-0.2, -0.15) is 5.10 Å². The molecule has 6 nitrogen and oxygen atoms in total. The number of aromatic amines is 1. The van der Waals surface area contributed by atoms with Gasteiger partial charge in [0.15, 0.2) is 5.82 Å². The predicted molar refractivity (Wildman–Crippen MR) is 59.9 cm³/mol. The fourth-order valence-electron chi connectivity index (χ4n) is 1.20. The van der Waals surface area contributed by atoms with Crippen LogP contribution in [-0.4, -0.2) is 21.1 Å². The summed E-state index contributed by atoms with van der Waals surface area (Å²) in [6.45, 7) is 1.78. The molecule has 0 radical (unpaired) electrons. The summed E-state index contributed by atoms with van der Waals surface area (Å²) >= 11 is 0. The molecule has 0 aliphatic heterocycles. The maximum Gasteiger partial charge on any atom is 0.275 e. The number of anilines is 2. The van der Waals surface area contributed by atoms with Gasteiger partial charge in [0.2, 0.25) is 0 Å². The quantitative estimate of drug-likeness (QED) is 0.697. The van der Waals surface area contributed by atoms with Crippen molar-refractivity contribution in [2.24, 2.45) is 0 Å². The number of rotatable bonds is 2. The number of nitrogens with zero attached hydrogens (tertiary/aromatic N) is 2. The third kappa shape index (κ3) is 1.85.